The normalized spacial score (nSPS) is 11.0. The monoisotopic (exact) mass is 437 g/mol. The van der Waals surface area contributed by atoms with Crippen molar-refractivity contribution in [3.63, 3.8) is 0 Å². The summed E-state index contributed by atoms with van der Waals surface area (Å²) >= 11 is 0. The lowest BCUT2D eigenvalue weighted by atomic mass is 10.1. The summed E-state index contributed by atoms with van der Waals surface area (Å²) in [6.07, 6.45) is 6.32. The van der Waals surface area contributed by atoms with Crippen molar-refractivity contribution in [3.8, 4) is 17.2 Å². The van der Waals surface area contributed by atoms with Gasteiger partial charge >= 0.3 is 0 Å². The van der Waals surface area contributed by atoms with Crippen LogP contribution in [0.3, 0.4) is 0 Å². The Kier molecular flexibility index (Phi) is 9.02. The van der Waals surface area contributed by atoms with Crippen molar-refractivity contribution in [2.75, 3.05) is 13.2 Å². The van der Waals surface area contributed by atoms with E-state index >= 15 is 0 Å². The second-order valence-corrected chi connectivity index (χ2v) is 8.09. The third kappa shape index (κ3) is 6.06. The predicted octanol–water partition coefficient (Wildman–Crippen LogP) is 6.26. The van der Waals surface area contributed by atoms with Gasteiger partial charge in [-0.2, -0.15) is 0 Å². The lowest BCUT2D eigenvalue weighted by molar-refractivity contribution is 0.259. The van der Waals surface area contributed by atoms with Crippen molar-refractivity contribution in [2.45, 2.75) is 59.0 Å². The number of ether oxygens (including phenoxy) is 3. The lowest BCUT2D eigenvalue weighted by Gasteiger charge is -2.18. The van der Waals surface area contributed by atoms with Crippen molar-refractivity contribution < 1.29 is 14.2 Å². The van der Waals surface area contributed by atoms with Crippen LogP contribution in [0, 0.1) is 0 Å². The quantitative estimate of drug-likeness (QED) is 0.296. The topological polar surface area (TPSA) is 49.7 Å². The number of aromatic nitrogens is 1. The zero-order chi connectivity index (χ0) is 22.8. The maximum Gasteiger partial charge on any atom is 0.297 e. The molecule has 1 aromatic heterocycles. The summed E-state index contributed by atoms with van der Waals surface area (Å²) in [6, 6.07) is 15.8. The molecule has 0 saturated carbocycles. The number of unbranched alkanes of at least 4 members (excludes halogenated alkanes) is 4. The minimum Gasteiger partial charge on any atom is -0.489 e. The van der Waals surface area contributed by atoms with E-state index in [1.165, 1.54) is 12.8 Å². The van der Waals surface area contributed by atoms with E-state index in [0.29, 0.717) is 37.1 Å². The van der Waals surface area contributed by atoms with E-state index in [4.69, 9.17) is 14.2 Å². The van der Waals surface area contributed by atoms with Gasteiger partial charge in [0.25, 0.3) is 5.56 Å². The molecule has 3 aromatic rings. The molecule has 0 amide bonds. The van der Waals surface area contributed by atoms with Crippen molar-refractivity contribution in [2.24, 2.45) is 7.05 Å². The van der Waals surface area contributed by atoms with Crippen LogP contribution in [0.4, 0.5) is 0 Å². The largest absolute Gasteiger partial charge is 0.489 e. The Morgan fingerprint density at radius 1 is 0.781 bits per heavy atom. The van der Waals surface area contributed by atoms with E-state index in [1.54, 1.807) is 11.6 Å². The van der Waals surface area contributed by atoms with Crippen LogP contribution < -0.4 is 19.8 Å². The molecule has 0 atom stereocenters. The number of hydrogen-bond donors (Lipinski definition) is 0. The SMILES string of the molecule is CCCCCCOc1c(OCCCC)c(=O)n(C)c2cc(OCc3ccccc3)ccc12. The number of nitrogens with zero attached hydrogens (tertiary/aromatic N) is 1. The minimum absolute atomic E-state index is 0.183. The molecule has 172 valence electrons. The molecule has 0 aliphatic carbocycles. The molecule has 0 radical (unpaired) electrons. The van der Waals surface area contributed by atoms with Gasteiger partial charge < -0.3 is 18.8 Å². The Bertz CT molecular complexity index is 1040. The molecular formula is C27H35NO4. The summed E-state index contributed by atoms with van der Waals surface area (Å²) in [5.41, 5.74) is 1.68. The van der Waals surface area contributed by atoms with Gasteiger partial charge in [-0.3, -0.25) is 4.79 Å². The predicted molar refractivity (Wildman–Crippen MR) is 130 cm³/mol. The van der Waals surface area contributed by atoms with Gasteiger partial charge in [0.2, 0.25) is 5.75 Å². The van der Waals surface area contributed by atoms with Gasteiger partial charge in [0, 0.05) is 18.5 Å². The second kappa shape index (κ2) is 12.2. The Balaban J connectivity index is 1.90. The van der Waals surface area contributed by atoms with Crippen LogP contribution in [0.25, 0.3) is 10.9 Å². The fraction of sp³-hybridized carbons (Fsp3) is 0.444. The van der Waals surface area contributed by atoms with Gasteiger partial charge in [0.1, 0.15) is 12.4 Å². The molecule has 0 aliphatic rings. The zero-order valence-corrected chi connectivity index (χ0v) is 19.6. The molecule has 0 spiro atoms. The van der Waals surface area contributed by atoms with Crippen molar-refractivity contribution in [3.05, 3.63) is 64.4 Å². The van der Waals surface area contributed by atoms with Crippen LogP contribution in [0.1, 0.15) is 57.9 Å². The van der Waals surface area contributed by atoms with Gasteiger partial charge in [-0.15, -0.1) is 0 Å². The Morgan fingerprint density at radius 2 is 1.50 bits per heavy atom. The molecule has 2 aromatic carbocycles. The molecule has 0 unspecified atom stereocenters. The summed E-state index contributed by atoms with van der Waals surface area (Å²) in [5.74, 6) is 1.57. The van der Waals surface area contributed by atoms with Crippen molar-refractivity contribution >= 4 is 10.9 Å². The molecule has 5 nitrogen and oxygen atoms in total. The number of benzene rings is 2. The molecule has 0 saturated heterocycles. The van der Waals surface area contributed by atoms with Crippen LogP contribution in [-0.2, 0) is 13.7 Å². The van der Waals surface area contributed by atoms with Crippen molar-refractivity contribution in [1.29, 1.82) is 0 Å². The van der Waals surface area contributed by atoms with Crippen LogP contribution in [-0.4, -0.2) is 17.8 Å². The molecule has 1 heterocycles. The molecule has 3 rings (SSSR count). The zero-order valence-electron chi connectivity index (χ0n) is 19.6. The van der Waals surface area contributed by atoms with Gasteiger partial charge in [-0.25, -0.2) is 0 Å². The number of aryl methyl sites for hydroxylation is 1. The molecule has 32 heavy (non-hydrogen) atoms. The standard InChI is InChI=1S/C27H35NO4/c1-4-6-8-12-18-30-25-23-16-15-22(32-20-21-13-10-9-11-14-21)19-24(23)28(3)27(29)26(25)31-17-7-5-2/h9-11,13-16,19H,4-8,12,17-18,20H2,1-3H3. The minimum atomic E-state index is -0.183. The van der Waals surface area contributed by atoms with Crippen LogP contribution in [0.2, 0.25) is 0 Å². The molecule has 0 fully saturated rings. The fourth-order valence-electron chi connectivity index (χ4n) is 3.59. The van der Waals surface area contributed by atoms with E-state index in [2.05, 4.69) is 13.8 Å². The van der Waals surface area contributed by atoms with E-state index < -0.39 is 0 Å². The Morgan fingerprint density at radius 3 is 2.25 bits per heavy atom. The molecule has 0 N–H and O–H groups in total. The Hall–Kier alpha value is -2.95. The van der Waals surface area contributed by atoms with Crippen LogP contribution in [0.15, 0.2) is 53.3 Å². The summed E-state index contributed by atoms with van der Waals surface area (Å²) in [4.78, 5) is 13.1. The first-order valence-corrected chi connectivity index (χ1v) is 11.7. The summed E-state index contributed by atoms with van der Waals surface area (Å²) in [5, 5.41) is 0.862. The first kappa shape index (κ1) is 23.7. The second-order valence-electron chi connectivity index (χ2n) is 8.09. The van der Waals surface area contributed by atoms with Gasteiger partial charge in [0.05, 0.1) is 18.7 Å². The van der Waals surface area contributed by atoms with E-state index in [9.17, 15) is 4.79 Å². The maximum atomic E-state index is 13.1. The summed E-state index contributed by atoms with van der Waals surface area (Å²) < 4.78 is 19.7. The highest BCUT2D eigenvalue weighted by Gasteiger charge is 2.19. The molecule has 0 aliphatic heterocycles. The fourth-order valence-corrected chi connectivity index (χ4v) is 3.59. The van der Waals surface area contributed by atoms with E-state index in [-0.39, 0.29) is 5.56 Å². The third-order valence-corrected chi connectivity index (χ3v) is 5.52. The number of hydrogen-bond acceptors (Lipinski definition) is 4. The van der Waals surface area contributed by atoms with Crippen LogP contribution >= 0.6 is 0 Å². The number of fused-ring (bicyclic) bond motifs is 1. The highest BCUT2D eigenvalue weighted by atomic mass is 16.5. The first-order chi connectivity index (χ1) is 15.7. The van der Waals surface area contributed by atoms with Crippen molar-refractivity contribution in [1.82, 2.24) is 4.57 Å². The average molecular weight is 438 g/mol. The number of rotatable bonds is 13. The van der Waals surface area contributed by atoms with Gasteiger partial charge in [0.15, 0.2) is 5.75 Å². The smallest absolute Gasteiger partial charge is 0.297 e. The molecular weight excluding hydrogens is 402 g/mol. The maximum absolute atomic E-state index is 13.1. The van der Waals surface area contributed by atoms with E-state index in [1.807, 2.05) is 48.5 Å². The summed E-state index contributed by atoms with van der Waals surface area (Å²) in [7, 11) is 1.77. The van der Waals surface area contributed by atoms with Gasteiger partial charge in [-0.1, -0.05) is 69.9 Å². The van der Waals surface area contributed by atoms with E-state index in [0.717, 1.165) is 42.1 Å². The highest BCUT2D eigenvalue weighted by Crippen LogP contribution is 2.35. The molecule has 0 bridgehead atoms. The summed E-state index contributed by atoms with van der Waals surface area (Å²) in [6.45, 7) is 5.83. The third-order valence-electron chi connectivity index (χ3n) is 5.52. The highest BCUT2D eigenvalue weighted by molar-refractivity contribution is 5.89. The van der Waals surface area contributed by atoms with Gasteiger partial charge in [-0.05, 0) is 30.5 Å². The average Bonchev–Trinajstić information content (AvgIpc) is 2.82. The van der Waals surface area contributed by atoms with Crippen LogP contribution in [0.5, 0.6) is 17.2 Å². The first-order valence-electron chi connectivity index (χ1n) is 11.7. The lowest BCUT2D eigenvalue weighted by Crippen LogP contribution is -2.21. The number of pyridine rings is 1. The Labute approximate surface area is 190 Å². The molecule has 5 heteroatoms.